The molecule has 0 saturated heterocycles. The van der Waals surface area contributed by atoms with E-state index in [0.29, 0.717) is 16.5 Å². The first-order chi connectivity index (χ1) is 13.8. The van der Waals surface area contributed by atoms with Crippen LogP contribution in [-0.4, -0.2) is 29.9 Å². The van der Waals surface area contributed by atoms with Crippen LogP contribution in [0, 0.1) is 0 Å². The number of carbonyl (C=O) groups is 1. The number of sulfone groups is 1. The van der Waals surface area contributed by atoms with Crippen LogP contribution < -0.4 is 11.1 Å². The lowest BCUT2D eigenvalue weighted by Crippen LogP contribution is -2.21. The number of aromatic nitrogens is 2. The van der Waals surface area contributed by atoms with Gasteiger partial charge in [-0.05, 0) is 42.2 Å². The van der Waals surface area contributed by atoms with Crippen molar-refractivity contribution in [3.8, 4) is 0 Å². The molecule has 0 atom stereocenters. The third kappa shape index (κ3) is 4.75. The fraction of sp³-hybridized carbons (Fsp3) is 0.158. The number of nitrogens with zero attached hydrogens (tertiary/aromatic N) is 2. The van der Waals surface area contributed by atoms with E-state index in [0.717, 1.165) is 0 Å². The number of rotatable bonds is 7. The van der Waals surface area contributed by atoms with Crippen molar-refractivity contribution in [2.75, 3.05) is 16.8 Å². The van der Waals surface area contributed by atoms with Crippen molar-refractivity contribution in [1.82, 2.24) is 9.78 Å². The minimum Gasteiger partial charge on any atom is -0.383 e. The van der Waals surface area contributed by atoms with Gasteiger partial charge in [-0.2, -0.15) is 5.10 Å². The van der Waals surface area contributed by atoms with Gasteiger partial charge in [0, 0.05) is 10.7 Å². The van der Waals surface area contributed by atoms with Gasteiger partial charge in [0.1, 0.15) is 22.3 Å². The second-order valence-corrected chi connectivity index (χ2v) is 9.56. The Morgan fingerprint density at radius 3 is 2.45 bits per heavy atom. The van der Waals surface area contributed by atoms with Gasteiger partial charge in [-0.3, -0.25) is 4.79 Å². The summed E-state index contributed by atoms with van der Waals surface area (Å²) in [4.78, 5) is 12.3. The Morgan fingerprint density at radius 1 is 1.17 bits per heavy atom. The molecule has 2 aromatic carbocycles. The molecule has 0 saturated carbocycles. The number of para-hydroxylation sites is 1. The third-order valence-corrected chi connectivity index (χ3v) is 7.00. The second-order valence-electron chi connectivity index (χ2n) is 5.98. The Balaban J connectivity index is 1.95. The van der Waals surface area contributed by atoms with Gasteiger partial charge in [-0.15, -0.1) is 11.8 Å². The number of benzene rings is 2. The van der Waals surface area contributed by atoms with Crippen molar-refractivity contribution in [3.05, 3.63) is 59.6 Å². The van der Waals surface area contributed by atoms with Crippen LogP contribution in [0.5, 0.6) is 0 Å². The van der Waals surface area contributed by atoms with E-state index in [2.05, 4.69) is 10.4 Å². The maximum atomic E-state index is 13.2. The van der Waals surface area contributed by atoms with Crippen LogP contribution in [0.2, 0.25) is 5.02 Å². The summed E-state index contributed by atoms with van der Waals surface area (Å²) in [6, 6.07) is 14.7. The highest BCUT2D eigenvalue weighted by Gasteiger charge is 2.30. The van der Waals surface area contributed by atoms with Gasteiger partial charge in [0.05, 0.1) is 4.90 Å². The van der Waals surface area contributed by atoms with E-state index in [-0.39, 0.29) is 33.1 Å². The van der Waals surface area contributed by atoms with E-state index in [1.54, 1.807) is 24.3 Å². The van der Waals surface area contributed by atoms with E-state index in [9.17, 15) is 13.2 Å². The number of halogens is 1. The predicted molar refractivity (Wildman–Crippen MR) is 115 cm³/mol. The average molecular weight is 451 g/mol. The summed E-state index contributed by atoms with van der Waals surface area (Å²) in [6.07, 6.45) is 0. The molecule has 1 amide bonds. The molecule has 0 spiro atoms. The Hall–Kier alpha value is -2.49. The number of hydrogen-bond donors (Lipinski definition) is 2. The molecule has 0 radical (unpaired) electrons. The van der Waals surface area contributed by atoms with E-state index in [1.807, 2.05) is 13.0 Å². The van der Waals surface area contributed by atoms with Gasteiger partial charge in [0.15, 0.2) is 0 Å². The zero-order valence-corrected chi connectivity index (χ0v) is 17.9. The molecular weight excluding hydrogens is 432 g/mol. The normalized spacial score (nSPS) is 11.4. The molecule has 0 fully saturated rings. The molecule has 3 aromatic rings. The van der Waals surface area contributed by atoms with Crippen LogP contribution in [0.1, 0.15) is 6.92 Å². The van der Waals surface area contributed by atoms with E-state index in [4.69, 9.17) is 17.3 Å². The number of hydrogen-bond acceptors (Lipinski definition) is 6. The molecule has 3 N–H and O–H groups in total. The SMILES string of the molecule is CCSc1nn(CC(=O)Nc2ccccc2)c(N)c1S(=O)(=O)c1ccc(Cl)cc1. The minimum atomic E-state index is -3.93. The maximum absolute atomic E-state index is 13.2. The average Bonchev–Trinajstić information content (AvgIpc) is 2.98. The van der Waals surface area contributed by atoms with Crippen LogP contribution in [0.4, 0.5) is 11.5 Å². The fourth-order valence-electron chi connectivity index (χ4n) is 2.63. The lowest BCUT2D eigenvalue weighted by Gasteiger charge is -2.08. The molecule has 0 bridgehead atoms. The zero-order valence-electron chi connectivity index (χ0n) is 15.5. The molecule has 7 nitrogen and oxygen atoms in total. The number of carbonyl (C=O) groups excluding carboxylic acids is 1. The molecule has 152 valence electrons. The van der Waals surface area contributed by atoms with E-state index in [1.165, 1.54) is 40.7 Å². The van der Waals surface area contributed by atoms with Crippen LogP contribution in [0.25, 0.3) is 0 Å². The molecule has 29 heavy (non-hydrogen) atoms. The molecule has 1 heterocycles. The van der Waals surface area contributed by atoms with Gasteiger partial charge in [-0.1, -0.05) is 36.7 Å². The predicted octanol–water partition coefficient (Wildman–Crippen LogP) is 3.70. The Kier molecular flexibility index (Phi) is 6.51. The summed E-state index contributed by atoms with van der Waals surface area (Å²) >= 11 is 7.11. The lowest BCUT2D eigenvalue weighted by molar-refractivity contribution is -0.116. The van der Waals surface area contributed by atoms with Crippen molar-refractivity contribution >= 4 is 50.6 Å². The summed E-state index contributed by atoms with van der Waals surface area (Å²) in [6.45, 7) is 1.66. The van der Waals surface area contributed by atoms with Crippen molar-refractivity contribution in [2.45, 2.75) is 28.3 Å². The largest absolute Gasteiger partial charge is 0.383 e. The highest BCUT2D eigenvalue weighted by molar-refractivity contribution is 8.00. The third-order valence-electron chi connectivity index (χ3n) is 3.94. The van der Waals surface area contributed by atoms with Crippen LogP contribution >= 0.6 is 23.4 Å². The van der Waals surface area contributed by atoms with Gasteiger partial charge < -0.3 is 11.1 Å². The Morgan fingerprint density at radius 2 is 1.83 bits per heavy atom. The highest BCUT2D eigenvalue weighted by atomic mass is 35.5. The monoisotopic (exact) mass is 450 g/mol. The highest BCUT2D eigenvalue weighted by Crippen LogP contribution is 2.35. The summed E-state index contributed by atoms with van der Waals surface area (Å²) in [5.74, 6) is 0.142. The van der Waals surface area contributed by atoms with Gasteiger partial charge in [0.2, 0.25) is 15.7 Å². The summed E-state index contributed by atoms with van der Waals surface area (Å²) in [5, 5.41) is 7.69. The molecule has 3 rings (SSSR count). The number of nitrogen functional groups attached to an aromatic ring is 1. The van der Waals surface area contributed by atoms with Crippen molar-refractivity contribution in [1.29, 1.82) is 0 Å². The Bertz CT molecular complexity index is 1110. The van der Waals surface area contributed by atoms with E-state index >= 15 is 0 Å². The standard InChI is InChI=1S/C19H19ClN4O3S2/c1-2-28-19-17(29(26,27)15-10-8-13(20)9-11-15)18(21)24(23-19)12-16(25)22-14-6-4-3-5-7-14/h3-11H,2,12,21H2,1H3,(H,22,25). The summed E-state index contributed by atoms with van der Waals surface area (Å²) < 4.78 is 27.5. The van der Waals surface area contributed by atoms with Crippen LogP contribution in [-0.2, 0) is 21.2 Å². The van der Waals surface area contributed by atoms with E-state index < -0.39 is 9.84 Å². The van der Waals surface area contributed by atoms with Crippen molar-refractivity contribution in [2.24, 2.45) is 0 Å². The fourth-order valence-corrected chi connectivity index (χ4v) is 5.31. The number of amides is 1. The summed E-state index contributed by atoms with van der Waals surface area (Å²) in [5.41, 5.74) is 6.76. The number of anilines is 2. The zero-order chi connectivity index (χ0) is 21.0. The minimum absolute atomic E-state index is 0.0554. The number of thioether (sulfide) groups is 1. The van der Waals surface area contributed by atoms with Gasteiger partial charge in [-0.25, -0.2) is 13.1 Å². The molecule has 0 unspecified atom stereocenters. The smallest absolute Gasteiger partial charge is 0.246 e. The van der Waals surface area contributed by atoms with Crippen molar-refractivity contribution < 1.29 is 13.2 Å². The number of nitrogens with two attached hydrogens (primary N) is 1. The Labute approximate surface area is 178 Å². The molecule has 0 aliphatic rings. The number of nitrogens with one attached hydrogen (secondary N) is 1. The van der Waals surface area contributed by atoms with Crippen LogP contribution in [0.15, 0.2) is 69.4 Å². The molecule has 0 aliphatic carbocycles. The maximum Gasteiger partial charge on any atom is 0.246 e. The van der Waals surface area contributed by atoms with Gasteiger partial charge >= 0.3 is 0 Å². The second kappa shape index (κ2) is 8.89. The first-order valence-corrected chi connectivity index (χ1v) is 11.5. The topological polar surface area (TPSA) is 107 Å². The molecule has 10 heteroatoms. The first kappa shape index (κ1) is 21.2. The summed E-state index contributed by atoms with van der Waals surface area (Å²) in [7, 11) is -3.93. The van der Waals surface area contributed by atoms with Crippen LogP contribution in [0.3, 0.4) is 0 Å². The van der Waals surface area contributed by atoms with Crippen molar-refractivity contribution in [3.63, 3.8) is 0 Å². The molecular formula is C19H19ClN4O3S2. The quantitative estimate of drug-likeness (QED) is 0.531. The molecule has 1 aromatic heterocycles. The first-order valence-electron chi connectivity index (χ1n) is 8.67. The van der Waals surface area contributed by atoms with Gasteiger partial charge in [0.25, 0.3) is 0 Å². The lowest BCUT2D eigenvalue weighted by atomic mass is 10.3. The molecule has 0 aliphatic heterocycles.